The van der Waals surface area contributed by atoms with Crippen molar-refractivity contribution in [2.24, 2.45) is 7.05 Å². The average molecular weight is 337 g/mol. The highest BCUT2D eigenvalue weighted by atomic mass is 16.2. The molecule has 1 amide bonds. The second-order valence-corrected chi connectivity index (χ2v) is 6.24. The Morgan fingerprint density at radius 2 is 1.68 bits per heavy atom. The maximum Gasteiger partial charge on any atom is 0.329 e. The number of hydrogen-bond donors (Lipinski definition) is 1. The summed E-state index contributed by atoms with van der Waals surface area (Å²) < 4.78 is 3.10. The Hall–Kier alpha value is -2.82. The maximum absolute atomic E-state index is 12.6. The molecule has 0 radical (unpaired) electrons. The van der Waals surface area contributed by atoms with Gasteiger partial charge >= 0.3 is 5.69 Å². The summed E-state index contributed by atoms with van der Waals surface area (Å²) in [6.45, 7) is 2.12. The highest BCUT2D eigenvalue weighted by molar-refractivity contribution is 5.81. The third kappa shape index (κ3) is 3.50. The van der Waals surface area contributed by atoms with Crippen LogP contribution in [0.4, 0.5) is 0 Å². The van der Waals surface area contributed by atoms with Crippen molar-refractivity contribution in [3.8, 4) is 0 Å². The SMILES string of the molecule is CCC[C@@H](NC(=O)Cn1c(=O)n(C)c2ccccc21)c1ccccc1. The van der Waals surface area contributed by atoms with Crippen LogP contribution in [-0.2, 0) is 18.4 Å². The van der Waals surface area contributed by atoms with E-state index in [0.717, 1.165) is 29.4 Å². The maximum atomic E-state index is 12.6. The second kappa shape index (κ2) is 7.38. The number of nitrogens with one attached hydrogen (secondary N) is 1. The third-order valence-corrected chi connectivity index (χ3v) is 4.47. The zero-order chi connectivity index (χ0) is 17.8. The number of carbonyl (C=O) groups excluding carboxylic acids is 1. The van der Waals surface area contributed by atoms with Crippen molar-refractivity contribution in [2.45, 2.75) is 32.4 Å². The highest BCUT2D eigenvalue weighted by Crippen LogP contribution is 2.18. The smallest absolute Gasteiger partial charge is 0.329 e. The van der Waals surface area contributed by atoms with Crippen LogP contribution < -0.4 is 11.0 Å². The van der Waals surface area contributed by atoms with E-state index in [1.54, 1.807) is 11.6 Å². The molecule has 0 aliphatic rings. The number of aryl methyl sites for hydroxylation is 1. The first-order valence-electron chi connectivity index (χ1n) is 8.60. The van der Waals surface area contributed by atoms with Crippen LogP contribution in [0.25, 0.3) is 11.0 Å². The molecule has 5 nitrogen and oxygen atoms in total. The first-order chi connectivity index (χ1) is 12.1. The predicted molar refractivity (Wildman–Crippen MR) is 99.4 cm³/mol. The first-order valence-corrected chi connectivity index (χ1v) is 8.60. The van der Waals surface area contributed by atoms with E-state index in [1.807, 2.05) is 54.6 Å². The summed E-state index contributed by atoms with van der Waals surface area (Å²) in [5.41, 5.74) is 2.51. The van der Waals surface area contributed by atoms with Gasteiger partial charge in [-0.1, -0.05) is 55.8 Å². The van der Waals surface area contributed by atoms with Gasteiger partial charge in [0.1, 0.15) is 6.54 Å². The number of carbonyl (C=O) groups is 1. The minimum atomic E-state index is -0.178. The van der Waals surface area contributed by atoms with Crippen LogP contribution >= 0.6 is 0 Å². The number of amides is 1. The summed E-state index contributed by atoms with van der Waals surface area (Å²) in [4.78, 5) is 25.0. The van der Waals surface area contributed by atoms with Crippen LogP contribution in [-0.4, -0.2) is 15.0 Å². The molecule has 3 aromatic rings. The van der Waals surface area contributed by atoms with E-state index >= 15 is 0 Å². The van der Waals surface area contributed by atoms with E-state index < -0.39 is 0 Å². The van der Waals surface area contributed by atoms with Gasteiger partial charge < -0.3 is 5.32 Å². The first kappa shape index (κ1) is 17.0. The van der Waals surface area contributed by atoms with Crippen molar-refractivity contribution in [3.05, 3.63) is 70.6 Å². The van der Waals surface area contributed by atoms with Gasteiger partial charge in [0.2, 0.25) is 5.91 Å². The number of aromatic nitrogens is 2. The molecule has 5 heteroatoms. The number of fused-ring (bicyclic) bond motifs is 1. The molecular formula is C20H23N3O2. The van der Waals surface area contributed by atoms with Gasteiger partial charge in [-0.25, -0.2) is 4.79 Å². The minimum Gasteiger partial charge on any atom is -0.348 e. The van der Waals surface area contributed by atoms with Gasteiger partial charge in [0.05, 0.1) is 17.1 Å². The Morgan fingerprint density at radius 1 is 1.04 bits per heavy atom. The van der Waals surface area contributed by atoms with E-state index in [0.29, 0.717) is 0 Å². The minimum absolute atomic E-state index is 0.0211. The molecule has 3 rings (SSSR count). The largest absolute Gasteiger partial charge is 0.348 e. The van der Waals surface area contributed by atoms with E-state index in [1.165, 1.54) is 4.57 Å². The molecule has 0 saturated heterocycles. The molecule has 0 saturated carbocycles. The number of imidazole rings is 1. The molecule has 0 spiro atoms. The Labute approximate surface area is 146 Å². The van der Waals surface area contributed by atoms with E-state index in [2.05, 4.69) is 12.2 Å². The summed E-state index contributed by atoms with van der Waals surface area (Å²) in [5, 5.41) is 3.08. The van der Waals surface area contributed by atoms with Gasteiger partial charge in [-0.3, -0.25) is 13.9 Å². The Bertz CT molecular complexity index is 925. The Morgan fingerprint density at radius 3 is 2.36 bits per heavy atom. The van der Waals surface area contributed by atoms with E-state index in [9.17, 15) is 9.59 Å². The van der Waals surface area contributed by atoms with E-state index in [-0.39, 0.29) is 24.2 Å². The molecule has 0 unspecified atom stereocenters. The molecule has 0 bridgehead atoms. The number of rotatable bonds is 6. The molecule has 1 aromatic heterocycles. The molecule has 1 atom stereocenters. The van der Waals surface area contributed by atoms with Gasteiger partial charge in [-0.2, -0.15) is 0 Å². The molecular weight excluding hydrogens is 314 g/mol. The van der Waals surface area contributed by atoms with E-state index in [4.69, 9.17) is 0 Å². The van der Waals surface area contributed by atoms with Gasteiger partial charge in [0.15, 0.2) is 0 Å². The molecule has 0 fully saturated rings. The molecule has 130 valence electrons. The van der Waals surface area contributed by atoms with Crippen LogP contribution in [0.2, 0.25) is 0 Å². The normalized spacial score (nSPS) is 12.2. The predicted octanol–water partition coefficient (Wildman–Crippen LogP) is 3.00. The fourth-order valence-corrected chi connectivity index (χ4v) is 3.20. The molecule has 25 heavy (non-hydrogen) atoms. The topological polar surface area (TPSA) is 56.0 Å². The monoisotopic (exact) mass is 337 g/mol. The summed E-state index contributed by atoms with van der Waals surface area (Å²) in [5.74, 6) is -0.152. The lowest BCUT2D eigenvalue weighted by Crippen LogP contribution is -2.35. The molecule has 1 N–H and O–H groups in total. The van der Waals surface area contributed by atoms with Crippen molar-refractivity contribution in [2.75, 3.05) is 0 Å². The van der Waals surface area contributed by atoms with Crippen molar-refractivity contribution < 1.29 is 4.79 Å². The van der Waals surface area contributed by atoms with Crippen LogP contribution in [0.15, 0.2) is 59.4 Å². The Balaban J connectivity index is 1.83. The highest BCUT2D eigenvalue weighted by Gasteiger charge is 2.17. The van der Waals surface area contributed by atoms with Crippen LogP contribution in [0.5, 0.6) is 0 Å². The number of para-hydroxylation sites is 2. The lowest BCUT2D eigenvalue weighted by molar-refractivity contribution is -0.122. The average Bonchev–Trinajstić information content (AvgIpc) is 2.87. The van der Waals surface area contributed by atoms with Crippen LogP contribution in [0.3, 0.4) is 0 Å². The number of benzene rings is 2. The lowest BCUT2D eigenvalue weighted by atomic mass is 10.0. The third-order valence-electron chi connectivity index (χ3n) is 4.47. The lowest BCUT2D eigenvalue weighted by Gasteiger charge is -2.18. The van der Waals surface area contributed by atoms with Gasteiger partial charge in [0.25, 0.3) is 0 Å². The Kier molecular flexibility index (Phi) is 5.03. The van der Waals surface area contributed by atoms with Gasteiger partial charge in [-0.15, -0.1) is 0 Å². The van der Waals surface area contributed by atoms with Crippen molar-refractivity contribution in [3.63, 3.8) is 0 Å². The summed E-state index contributed by atoms with van der Waals surface area (Å²) in [6.07, 6.45) is 1.83. The van der Waals surface area contributed by atoms with Gasteiger partial charge in [-0.05, 0) is 24.1 Å². The standard InChI is InChI=1S/C20H23N3O2/c1-3-9-16(15-10-5-4-6-11-15)21-19(24)14-23-18-13-8-7-12-17(18)22(2)20(23)25/h4-8,10-13,16H,3,9,14H2,1-2H3,(H,21,24)/t16-/m1/s1. The summed E-state index contributed by atoms with van der Waals surface area (Å²) >= 11 is 0. The quantitative estimate of drug-likeness (QED) is 0.752. The molecule has 1 heterocycles. The number of nitrogens with zero attached hydrogens (tertiary/aromatic N) is 2. The molecule has 0 aliphatic carbocycles. The van der Waals surface area contributed by atoms with Crippen LogP contribution in [0, 0.1) is 0 Å². The fraction of sp³-hybridized carbons (Fsp3) is 0.300. The second-order valence-electron chi connectivity index (χ2n) is 6.24. The molecule has 2 aromatic carbocycles. The molecule has 0 aliphatic heterocycles. The van der Waals surface area contributed by atoms with Crippen LogP contribution in [0.1, 0.15) is 31.4 Å². The van der Waals surface area contributed by atoms with Gasteiger partial charge in [0, 0.05) is 7.05 Å². The van der Waals surface area contributed by atoms with Crippen molar-refractivity contribution >= 4 is 16.9 Å². The summed E-state index contributed by atoms with van der Waals surface area (Å²) in [6, 6.07) is 17.4. The summed E-state index contributed by atoms with van der Waals surface area (Å²) in [7, 11) is 1.73. The number of hydrogen-bond acceptors (Lipinski definition) is 2. The zero-order valence-corrected chi connectivity index (χ0v) is 14.6. The van der Waals surface area contributed by atoms with Crippen molar-refractivity contribution in [1.82, 2.24) is 14.5 Å². The van der Waals surface area contributed by atoms with Crippen molar-refractivity contribution in [1.29, 1.82) is 0 Å². The zero-order valence-electron chi connectivity index (χ0n) is 14.6. The fourth-order valence-electron chi connectivity index (χ4n) is 3.20.